The predicted octanol–water partition coefficient (Wildman–Crippen LogP) is 3.62. The van der Waals surface area contributed by atoms with Gasteiger partial charge >= 0.3 is 0 Å². The third kappa shape index (κ3) is 2.75. The van der Waals surface area contributed by atoms with Crippen LogP contribution < -0.4 is 10.2 Å². The Morgan fingerprint density at radius 2 is 2.16 bits per heavy atom. The molecule has 3 heteroatoms. The van der Waals surface area contributed by atoms with Gasteiger partial charge in [-0.1, -0.05) is 17.7 Å². The number of rotatable bonds is 2. The van der Waals surface area contributed by atoms with Gasteiger partial charge in [0, 0.05) is 29.3 Å². The second kappa shape index (κ2) is 4.99. The van der Waals surface area contributed by atoms with Gasteiger partial charge in [-0.15, -0.1) is 0 Å². The highest BCUT2D eigenvalue weighted by atomic mass is 35.5. The first-order chi connectivity index (χ1) is 9.08. The van der Waals surface area contributed by atoms with Crippen LogP contribution in [0.5, 0.6) is 0 Å². The van der Waals surface area contributed by atoms with Gasteiger partial charge in [-0.25, -0.2) is 0 Å². The Balaban J connectivity index is 1.83. The molecule has 1 heterocycles. The summed E-state index contributed by atoms with van der Waals surface area (Å²) in [6, 6.07) is 6.46. The Morgan fingerprint density at radius 1 is 1.37 bits per heavy atom. The van der Waals surface area contributed by atoms with Crippen molar-refractivity contribution in [3.8, 4) is 0 Å². The molecule has 1 atom stereocenters. The van der Waals surface area contributed by atoms with E-state index < -0.39 is 0 Å². The van der Waals surface area contributed by atoms with Crippen molar-refractivity contribution in [1.82, 2.24) is 5.32 Å². The Bertz CT molecular complexity index is 470. The highest BCUT2D eigenvalue weighted by Gasteiger charge is 2.43. The van der Waals surface area contributed by atoms with Crippen molar-refractivity contribution in [2.75, 3.05) is 24.5 Å². The maximum absolute atomic E-state index is 6.28. The molecule has 3 rings (SSSR count). The number of aryl methyl sites for hydroxylation is 1. The van der Waals surface area contributed by atoms with E-state index in [0.717, 1.165) is 36.1 Å². The molecule has 1 N–H and O–H groups in total. The number of benzene rings is 1. The molecular formula is C16H23ClN2. The van der Waals surface area contributed by atoms with Gasteiger partial charge < -0.3 is 10.2 Å². The second-order valence-corrected chi connectivity index (χ2v) is 6.73. The number of halogens is 1. The molecular weight excluding hydrogens is 256 g/mol. The van der Waals surface area contributed by atoms with E-state index in [1.807, 2.05) is 0 Å². The zero-order chi connectivity index (χ0) is 13.5. The predicted molar refractivity (Wildman–Crippen MR) is 82.2 cm³/mol. The SMILES string of the molecule is Cc1ccc(N2CCCNC(C)(C3CC3)C2)cc1Cl. The molecule has 104 valence electrons. The lowest BCUT2D eigenvalue weighted by Gasteiger charge is -2.35. The minimum absolute atomic E-state index is 0.272. The lowest BCUT2D eigenvalue weighted by molar-refractivity contribution is 0.331. The van der Waals surface area contributed by atoms with E-state index in [0.29, 0.717) is 0 Å². The minimum atomic E-state index is 0.272. The molecule has 19 heavy (non-hydrogen) atoms. The van der Waals surface area contributed by atoms with Crippen molar-refractivity contribution >= 4 is 17.3 Å². The van der Waals surface area contributed by atoms with Crippen molar-refractivity contribution < 1.29 is 0 Å². The molecule has 2 aliphatic rings. The van der Waals surface area contributed by atoms with Crippen LogP contribution in [0.15, 0.2) is 18.2 Å². The van der Waals surface area contributed by atoms with Gasteiger partial charge in [0.25, 0.3) is 0 Å². The molecule has 1 unspecified atom stereocenters. The summed E-state index contributed by atoms with van der Waals surface area (Å²) < 4.78 is 0. The molecule has 0 aromatic heterocycles. The normalized spacial score (nSPS) is 28.3. The van der Waals surface area contributed by atoms with Crippen LogP contribution >= 0.6 is 11.6 Å². The van der Waals surface area contributed by atoms with E-state index in [2.05, 4.69) is 42.3 Å². The summed E-state index contributed by atoms with van der Waals surface area (Å²) in [5.41, 5.74) is 2.70. The van der Waals surface area contributed by atoms with Crippen molar-refractivity contribution in [2.45, 2.75) is 38.6 Å². The molecule has 1 aromatic rings. The Morgan fingerprint density at radius 3 is 2.84 bits per heavy atom. The molecule has 1 aromatic carbocycles. The van der Waals surface area contributed by atoms with Gasteiger partial charge in [0.1, 0.15) is 0 Å². The van der Waals surface area contributed by atoms with Crippen LogP contribution in [0.25, 0.3) is 0 Å². The van der Waals surface area contributed by atoms with E-state index in [1.54, 1.807) is 0 Å². The Hall–Kier alpha value is -0.730. The maximum atomic E-state index is 6.28. The molecule has 1 aliphatic carbocycles. The topological polar surface area (TPSA) is 15.3 Å². The third-order valence-corrected chi connectivity index (χ3v) is 5.06. The van der Waals surface area contributed by atoms with Gasteiger partial charge in [-0.05, 0) is 63.3 Å². The second-order valence-electron chi connectivity index (χ2n) is 6.33. The zero-order valence-corrected chi connectivity index (χ0v) is 12.6. The molecule has 1 saturated heterocycles. The van der Waals surface area contributed by atoms with Gasteiger partial charge in [-0.2, -0.15) is 0 Å². The number of hydrogen-bond donors (Lipinski definition) is 1. The highest BCUT2D eigenvalue weighted by Crippen LogP contribution is 2.41. The summed E-state index contributed by atoms with van der Waals surface area (Å²) in [7, 11) is 0. The smallest absolute Gasteiger partial charge is 0.0455 e. The number of nitrogens with one attached hydrogen (secondary N) is 1. The summed E-state index contributed by atoms with van der Waals surface area (Å²) in [4.78, 5) is 2.50. The van der Waals surface area contributed by atoms with E-state index in [9.17, 15) is 0 Å². The molecule has 1 saturated carbocycles. The first-order valence-corrected chi connectivity index (χ1v) is 7.72. The molecule has 1 aliphatic heterocycles. The summed E-state index contributed by atoms with van der Waals surface area (Å²) >= 11 is 6.28. The number of anilines is 1. The van der Waals surface area contributed by atoms with Crippen LogP contribution in [-0.4, -0.2) is 25.2 Å². The van der Waals surface area contributed by atoms with Crippen LogP contribution in [0.1, 0.15) is 31.7 Å². The fourth-order valence-corrected chi connectivity index (χ4v) is 3.34. The van der Waals surface area contributed by atoms with Crippen molar-refractivity contribution in [3.05, 3.63) is 28.8 Å². The minimum Gasteiger partial charge on any atom is -0.370 e. The molecule has 2 nitrogen and oxygen atoms in total. The van der Waals surface area contributed by atoms with Crippen LogP contribution in [0.3, 0.4) is 0 Å². The van der Waals surface area contributed by atoms with Gasteiger partial charge in [0.2, 0.25) is 0 Å². The molecule has 0 spiro atoms. The largest absolute Gasteiger partial charge is 0.370 e. The van der Waals surface area contributed by atoms with Gasteiger partial charge in [0.05, 0.1) is 0 Å². The quantitative estimate of drug-likeness (QED) is 0.889. The molecule has 0 amide bonds. The fourth-order valence-electron chi connectivity index (χ4n) is 3.17. The Kier molecular flexibility index (Phi) is 3.48. The van der Waals surface area contributed by atoms with Crippen LogP contribution in [0.2, 0.25) is 5.02 Å². The van der Waals surface area contributed by atoms with E-state index in [-0.39, 0.29) is 5.54 Å². The van der Waals surface area contributed by atoms with Gasteiger partial charge in [-0.3, -0.25) is 0 Å². The molecule has 0 bridgehead atoms. The first kappa shape index (κ1) is 13.3. The average Bonchev–Trinajstić information content (AvgIpc) is 3.19. The van der Waals surface area contributed by atoms with Crippen LogP contribution in [0, 0.1) is 12.8 Å². The Labute approximate surface area is 121 Å². The van der Waals surface area contributed by atoms with E-state index in [4.69, 9.17) is 11.6 Å². The highest BCUT2D eigenvalue weighted by molar-refractivity contribution is 6.31. The first-order valence-electron chi connectivity index (χ1n) is 7.35. The molecule has 0 radical (unpaired) electrons. The summed E-state index contributed by atoms with van der Waals surface area (Å²) in [6.07, 6.45) is 3.96. The van der Waals surface area contributed by atoms with Gasteiger partial charge in [0.15, 0.2) is 0 Å². The van der Waals surface area contributed by atoms with E-state index >= 15 is 0 Å². The van der Waals surface area contributed by atoms with Crippen molar-refractivity contribution in [2.24, 2.45) is 5.92 Å². The van der Waals surface area contributed by atoms with Crippen molar-refractivity contribution in [3.63, 3.8) is 0 Å². The monoisotopic (exact) mass is 278 g/mol. The van der Waals surface area contributed by atoms with E-state index in [1.165, 1.54) is 24.9 Å². The lowest BCUT2D eigenvalue weighted by atomic mass is 9.95. The van der Waals surface area contributed by atoms with Crippen molar-refractivity contribution in [1.29, 1.82) is 0 Å². The molecule has 2 fully saturated rings. The number of nitrogens with zero attached hydrogens (tertiary/aromatic N) is 1. The summed E-state index contributed by atoms with van der Waals surface area (Å²) in [5.74, 6) is 0.856. The third-order valence-electron chi connectivity index (χ3n) is 4.65. The summed E-state index contributed by atoms with van der Waals surface area (Å²) in [6.45, 7) is 7.79. The van der Waals surface area contributed by atoms with Crippen LogP contribution in [0.4, 0.5) is 5.69 Å². The van der Waals surface area contributed by atoms with Crippen LogP contribution in [-0.2, 0) is 0 Å². The maximum Gasteiger partial charge on any atom is 0.0455 e. The summed E-state index contributed by atoms with van der Waals surface area (Å²) in [5, 5.41) is 4.65. The lowest BCUT2D eigenvalue weighted by Crippen LogP contribution is -2.51. The zero-order valence-electron chi connectivity index (χ0n) is 11.9. The average molecular weight is 279 g/mol. The standard InChI is InChI=1S/C16H23ClN2/c1-12-4-7-14(10-15(12)17)19-9-3-8-18-16(2,11-19)13-5-6-13/h4,7,10,13,18H,3,5-6,8-9,11H2,1-2H3. The number of hydrogen-bond acceptors (Lipinski definition) is 2. The fraction of sp³-hybridized carbons (Fsp3) is 0.625.